The average Bonchev–Trinajstić information content (AvgIpc) is 2.71. The highest BCUT2D eigenvalue weighted by Gasteiger charge is 2.36. The summed E-state index contributed by atoms with van der Waals surface area (Å²) in [7, 11) is 2.11. The van der Waals surface area contributed by atoms with E-state index in [0.29, 0.717) is 0 Å². The molecule has 0 aromatic carbocycles. The second kappa shape index (κ2) is 5.53. The van der Waals surface area contributed by atoms with Crippen molar-refractivity contribution in [2.45, 2.75) is 52.4 Å². The molecule has 5 atom stereocenters. The van der Waals surface area contributed by atoms with Crippen LogP contribution in [0.1, 0.15) is 52.4 Å². The summed E-state index contributed by atoms with van der Waals surface area (Å²) in [4.78, 5) is 0. The monoisotopic (exact) mass is 223 g/mol. The van der Waals surface area contributed by atoms with Crippen LogP contribution in [0.5, 0.6) is 0 Å². The Labute approximate surface area is 101 Å². The second-order valence-electron chi connectivity index (χ2n) is 6.44. The van der Waals surface area contributed by atoms with Gasteiger partial charge in [0.1, 0.15) is 0 Å². The fraction of sp³-hybridized carbons (Fsp3) is 1.00. The molecule has 1 N–H and O–H groups in total. The topological polar surface area (TPSA) is 12.0 Å². The maximum atomic E-state index is 3.40. The van der Waals surface area contributed by atoms with Gasteiger partial charge >= 0.3 is 0 Å². The van der Waals surface area contributed by atoms with Crippen molar-refractivity contribution >= 4 is 0 Å². The highest BCUT2D eigenvalue weighted by atomic mass is 14.8. The third-order valence-corrected chi connectivity index (χ3v) is 5.43. The summed E-state index contributed by atoms with van der Waals surface area (Å²) in [6, 6.07) is 0. The molecule has 94 valence electrons. The third-order valence-electron chi connectivity index (χ3n) is 5.43. The van der Waals surface area contributed by atoms with Crippen molar-refractivity contribution in [1.82, 2.24) is 5.32 Å². The van der Waals surface area contributed by atoms with Crippen molar-refractivity contribution in [3.63, 3.8) is 0 Å². The van der Waals surface area contributed by atoms with E-state index in [2.05, 4.69) is 26.2 Å². The molecule has 2 rings (SSSR count). The predicted octanol–water partition coefficient (Wildman–Crippen LogP) is 3.69. The van der Waals surface area contributed by atoms with Gasteiger partial charge in [-0.2, -0.15) is 0 Å². The summed E-state index contributed by atoms with van der Waals surface area (Å²) < 4.78 is 0. The first kappa shape index (κ1) is 12.4. The van der Waals surface area contributed by atoms with Gasteiger partial charge in [0.2, 0.25) is 0 Å². The SMILES string of the molecule is CNCC1CCCC1C1CCC(C)C(C)C1. The molecule has 0 spiro atoms. The fourth-order valence-corrected chi connectivity index (χ4v) is 4.18. The molecular weight excluding hydrogens is 194 g/mol. The maximum absolute atomic E-state index is 3.40. The molecule has 2 fully saturated rings. The Morgan fingerprint density at radius 2 is 1.81 bits per heavy atom. The lowest BCUT2D eigenvalue weighted by atomic mass is 9.69. The number of hydrogen-bond donors (Lipinski definition) is 1. The van der Waals surface area contributed by atoms with E-state index in [1.54, 1.807) is 0 Å². The van der Waals surface area contributed by atoms with Gasteiger partial charge in [0, 0.05) is 0 Å². The first-order chi connectivity index (χ1) is 7.72. The van der Waals surface area contributed by atoms with Crippen molar-refractivity contribution in [1.29, 1.82) is 0 Å². The zero-order valence-corrected chi connectivity index (χ0v) is 11.3. The predicted molar refractivity (Wildman–Crippen MR) is 70.4 cm³/mol. The van der Waals surface area contributed by atoms with E-state index in [1.165, 1.54) is 45.1 Å². The van der Waals surface area contributed by atoms with Gasteiger partial charge in [0.05, 0.1) is 0 Å². The quantitative estimate of drug-likeness (QED) is 0.769. The summed E-state index contributed by atoms with van der Waals surface area (Å²) in [6.45, 7) is 6.17. The van der Waals surface area contributed by atoms with Gasteiger partial charge < -0.3 is 5.32 Å². The molecule has 5 unspecified atom stereocenters. The normalized spacial score (nSPS) is 44.8. The van der Waals surface area contributed by atoms with Crippen molar-refractivity contribution in [3.8, 4) is 0 Å². The van der Waals surface area contributed by atoms with Gasteiger partial charge in [0.25, 0.3) is 0 Å². The minimum Gasteiger partial charge on any atom is -0.319 e. The molecule has 16 heavy (non-hydrogen) atoms. The molecule has 2 aliphatic rings. The lowest BCUT2D eigenvalue weighted by molar-refractivity contribution is 0.133. The Bertz CT molecular complexity index is 213. The number of nitrogens with one attached hydrogen (secondary N) is 1. The highest BCUT2D eigenvalue weighted by Crippen LogP contribution is 2.45. The molecule has 0 radical (unpaired) electrons. The molecular formula is C15H29N. The first-order valence-electron chi connectivity index (χ1n) is 7.37. The zero-order chi connectivity index (χ0) is 11.5. The van der Waals surface area contributed by atoms with Crippen molar-refractivity contribution in [2.75, 3.05) is 13.6 Å². The van der Waals surface area contributed by atoms with Crippen LogP contribution >= 0.6 is 0 Å². The van der Waals surface area contributed by atoms with E-state index in [4.69, 9.17) is 0 Å². The molecule has 0 heterocycles. The summed E-state index contributed by atoms with van der Waals surface area (Å²) >= 11 is 0. The molecule has 2 aliphatic carbocycles. The molecule has 1 heteroatoms. The van der Waals surface area contributed by atoms with E-state index in [0.717, 1.165) is 29.6 Å². The minimum atomic E-state index is 0.967. The second-order valence-corrected chi connectivity index (χ2v) is 6.44. The largest absolute Gasteiger partial charge is 0.319 e. The Morgan fingerprint density at radius 1 is 1.00 bits per heavy atom. The number of hydrogen-bond acceptors (Lipinski definition) is 1. The van der Waals surface area contributed by atoms with Gasteiger partial charge in [0.15, 0.2) is 0 Å². The summed E-state index contributed by atoms with van der Waals surface area (Å²) in [5, 5.41) is 3.40. The smallest absolute Gasteiger partial charge is 0.00208 e. The average molecular weight is 223 g/mol. The van der Waals surface area contributed by atoms with Crippen LogP contribution in [0.2, 0.25) is 0 Å². The number of rotatable bonds is 3. The molecule has 0 aromatic heterocycles. The fourth-order valence-electron chi connectivity index (χ4n) is 4.18. The van der Waals surface area contributed by atoms with Crippen LogP contribution in [0.4, 0.5) is 0 Å². The minimum absolute atomic E-state index is 0.967. The Morgan fingerprint density at radius 3 is 2.50 bits per heavy atom. The van der Waals surface area contributed by atoms with Crippen molar-refractivity contribution in [3.05, 3.63) is 0 Å². The molecule has 0 bridgehead atoms. The molecule has 0 aliphatic heterocycles. The van der Waals surface area contributed by atoms with Gasteiger partial charge in [-0.3, -0.25) is 0 Å². The van der Waals surface area contributed by atoms with Crippen LogP contribution in [0.3, 0.4) is 0 Å². The van der Waals surface area contributed by atoms with E-state index in [-0.39, 0.29) is 0 Å². The molecule has 2 saturated carbocycles. The lowest BCUT2D eigenvalue weighted by Gasteiger charge is -2.37. The standard InChI is InChI=1S/C15H29N/c1-11-7-8-13(9-12(11)2)15-6-4-5-14(15)10-16-3/h11-16H,4-10H2,1-3H3. The lowest BCUT2D eigenvalue weighted by Crippen LogP contribution is -2.31. The van der Waals surface area contributed by atoms with Gasteiger partial charge in [-0.05, 0) is 68.9 Å². The Balaban J connectivity index is 1.91. The Kier molecular flexibility index (Phi) is 4.29. The van der Waals surface area contributed by atoms with Crippen LogP contribution in [0, 0.1) is 29.6 Å². The maximum Gasteiger partial charge on any atom is -0.00208 e. The van der Waals surface area contributed by atoms with Crippen LogP contribution in [0.25, 0.3) is 0 Å². The summed E-state index contributed by atoms with van der Waals surface area (Å²) in [5.74, 6) is 5.01. The van der Waals surface area contributed by atoms with Crippen LogP contribution < -0.4 is 5.32 Å². The molecule has 1 nitrogen and oxygen atoms in total. The van der Waals surface area contributed by atoms with E-state index >= 15 is 0 Å². The van der Waals surface area contributed by atoms with Crippen LogP contribution in [-0.4, -0.2) is 13.6 Å². The summed E-state index contributed by atoms with van der Waals surface area (Å²) in [5.41, 5.74) is 0. The van der Waals surface area contributed by atoms with Crippen molar-refractivity contribution < 1.29 is 0 Å². The van der Waals surface area contributed by atoms with E-state index in [9.17, 15) is 0 Å². The van der Waals surface area contributed by atoms with Gasteiger partial charge in [-0.25, -0.2) is 0 Å². The third kappa shape index (κ3) is 2.61. The van der Waals surface area contributed by atoms with E-state index < -0.39 is 0 Å². The molecule has 0 saturated heterocycles. The van der Waals surface area contributed by atoms with E-state index in [1.807, 2.05) is 0 Å². The van der Waals surface area contributed by atoms with Gasteiger partial charge in [-0.1, -0.05) is 26.7 Å². The molecule has 0 amide bonds. The zero-order valence-electron chi connectivity index (χ0n) is 11.3. The summed E-state index contributed by atoms with van der Waals surface area (Å²) in [6.07, 6.45) is 8.97. The molecule has 0 aromatic rings. The first-order valence-corrected chi connectivity index (χ1v) is 7.37. The Hall–Kier alpha value is -0.0400. The van der Waals surface area contributed by atoms with Crippen LogP contribution in [-0.2, 0) is 0 Å². The van der Waals surface area contributed by atoms with Crippen molar-refractivity contribution in [2.24, 2.45) is 29.6 Å². The van der Waals surface area contributed by atoms with Crippen LogP contribution in [0.15, 0.2) is 0 Å². The highest BCUT2D eigenvalue weighted by molar-refractivity contribution is 4.87. The van der Waals surface area contributed by atoms with Gasteiger partial charge in [-0.15, -0.1) is 0 Å².